The number of hydrogen-bond acceptors (Lipinski definition) is 5. The van der Waals surface area contributed by atoms with Gasteiger partial charge in [0, 0.05) is 40.1 Å². The summed E-state index contributed by atoms with van der Waals surface area (Å²) in [6.45, 7) is 0. The second-order valence-electron chi connectivity index (χ2n) is 4.30. The first-order valence-corrected chi connectivity index (χ1v) is 8.28. The lowest BCUT2D eigenvalue weighted by molar-refractivity contribution is -0.136. The van der Waals surface area contributed by atoms with E-state index in [4.69, 9.17) is 5.11 Å². The van der Waals surface area contributed by atoms with Crippen molar-refractivity contribution < 1.29 is 14.1 Å². The van der Waals surface area contributed by atoms with Crippen LogP contribution in [0.4, 0.5) is 5.13 Å². The number of hydrogen-bond donors (Lipinski definition) is 2. The molecule has 2 N–H and O–H groups in total. The molecule has 0 aromatic carbocycles. The van der Waals surface area contributed by atoms with Crippen molar-refractivity contribution in [1.82, 2.24) is 4.98 Å². The molecule has 2 heterocycles. The van der Waals surface area contributed by atoms with E-state index in [9.17, 15) is 9.00 Å². The molecule has 7 heteroatoms. The Morgan fingerprint density at radius 2 is 2.28 bits per heavy atom. The van der Waals surface area contributed by atoms with Gasteiger partial charge in [-0.15, -0.1) is 11.3 Å². The summed E-state index contributed by atoms with van der Waals surface area (Å²) >= 11 is 1.50. The van der Waals surface area contributed by atoms with Crippen LogP contribution in [0.25, 0.3) is 0 Å². The van der Waals surface area contributed by atoms with Crippen LogP contribution in [0.5, 0.6) is 0 Å². The average Bonchev–Trinajstić information content (AvgIpc) is 2.77. The first-order chi connectivity index (χ1) is 8.63. The van der Waals surface area contributed by atoms with Crippen molar-refractivity contribution in [2.24, 2.45) is 0 Å². The van der Waals surface area contributed by atoms with Gasteiger partial charge in [-0.2, -0.15) is 0 Å². The highest BCUT2D eigenvalue weighted by Gasteiger charge is 2.18. The number of carboxylic acid groups (broad SMARTS) is 1. The Kier molecular flexibility index (Phi) is 4.71. The zero-order valence-corrected chi connectivity index (χ0v) is 11.6. The number of thiazole rings is 1. The summed E-state index contributed by atoms with van der Waals surface area (Å²) in [6, 6.07) is 0.348. The molecule has 18 heavy (non-hydrogen) atoms. The second kappa shape index (κ2) is 6.29. The largest absolute Gasteiger partial charge is 0.481 e. The predicted octanol–water partition coefficient (Wildman–Crippen LogP) is 1.48. The van der Waals surface area contributed by atoms with Crippen molar-refractivity contribution in [3.8, 4) is 0 Å². The van der Waals surface area contributed by atoms with Crippen LogP contribution in [0.1, 0.15) is 25.0 Å². The maximum atomic E-state index is 11.2. The first-order valence-electron chi connectivity index (χ1n) is 5.91. The lowest BCUT2D eigenvalue weighted by atomic mass is 10.2. The van der Waals surface area contributed by atoms with E-state index in [-0.39, 0.29) is 6.42 Å². The Morgan fingerprint density at radius 1 is 1.56 bits per heavy atom. The zero-order chi connectivity index (χ0) is 13.0. The number of aliphatic carboxylic acids is 1. The van der Waals surface area contributed by atoms with Gasteiger partial charge in [-0.3, -0.25) is 9.00 Å². The zero-order valence-electron chi connectivity index (χ0n) is 9.92. The molecule has 1 aliphatic heterocycles. The topological polar surface area (TPSA) is 79.3 Å². The fraction of sp³-hybridized carbons (Fsp3) is 0.636. The lowest BCUT2D eigenvalue weighted by Gasteiger charge is -2.21. The summed E-state index contributed by atoms with van der Waals surface area (Å²) in [5.41, 5.74) is 0.823. The van der Waals surface area contributed by atoms with Crippen LogP contribution in [-0.2, 0) is 22.0 Å². The van der Waals surface area contributed by atoms with Crippen molar-refractivity contribution >= 4 is 33.2 Å². The normalized spacial score (nSPS) is 23.8. The SMILES string of the molecule is O=C(O)CCc1csc(NC2CCS(=O)CC2)n1. The van der Waals surface area contributed by atoms with Gasteiger partial charge >= 0.3 is 5.97 Å². The van der Waals surface area contributed by atoms with Gasteiger partial charge in [0.1, 0.15) is 0 Å². The van der Waals surface area contributed by atoms with Crippen molar-refractivity contribution in [3.05, 3.63) is 11.1 Å². The summed E-state index contributed by atoms with van der Waals surface area (Å²) in [5.74, 6) is 0.719. The molecule has 2 rings (SSSR count). The van der Waals surface area contributed by atoms with Crippen LogP contribution >= 0.6 is 11.3 Å². The minimum absolute atomic E-state index is 0.117. The summed E-state index contributed by atoms with van der Waals surface area (Å²) in [5, 5.41) is 14.7. The van der Waals surface area contributed by atoms with Crippen LogP contribution in [0.15, 0.2) is 5.38 Å². The van der Waals surface area contributed by atoms with Gasteiger partial charge < -0.3 is 10.4 Å². The molecular weight excluding hydrogens is 272 g/mol. The fourth-order valence-corrected chi connectivity index (χ4v) is 3.96. The second-order valence-corrected chi connectivity index (χ2v) is 6.86. The van der Waals surface area contributed by atoms with E-state index in [1.165, 1.54) is 11.3 Å². The summed E-state index contributed by atoms with van der Waals surface area (Å²) in [7, 11) is -0.644. The smallest absolute Gasteiger partial charge is 0.303 e. The van der Waals surface area contributed by atoms with Crippen LogP contribution < -0.4 is 5.32 Å². The molecule has 100 valence electrons. The molecule has 0 spiro atoms. The Balaban J connectivity index is 1.82. The number of carboxylic acids is 1. The molecular formula is C11H16N2O3S2. The summed E-state index contributed by atoms with van der Waals surface area (Å²) in [4.78, 5) is 14.8. The number of nitrogens with zero attached hydrogens (tertiary/aromatic N) is 1. The molecule has 0 aliphatic carbocycles. The summed E-state index contributed by atoms with van der Waals surface area (Å²) < 4.78 is 11.2. The third kappa shape index (κ3) is 4.06. The lowest BCUT2D eigenvalue weighted by Crippen LogP contribution is -2.29. The Bertz CT molecular complexity index is 437. The van der Waals surface area contributed by atoms with Crippen molar-refractivity contribution in [2.45, 2.75) is 31.7 Å². The molecule has 1 aromatic heterocycles. The minimum Gasteiger partial charge on any atom is -0.481 e. The molecule has 1 aromatic rings. The van der Waals surface area contributed by atoms with Gasteiger partial charge in [0.25, 0.3) is 0 Å². The maximum Gasteiger partial charge on any atom is 0.303 e. The summed E-state index contributed by atoms with van der Waals surface area (Å²) in [6.07, 6.45) is 2.42. The quantitative estimate of drug-likeness (QED) is 0.858. The monoisotopic (exact) mass is 288 g/mol. The molecule has 0 unspecified atom stereocenters. The van der Waals surface area contributed by atoms with E-state index in [0.717, 1.165) is 35.2 Å². The van der Waals surface area contributed by atoms with E-state index < -0.39 is 16.8 Å². The van der Waals surface area contributed by atoms with Crippen LogP contribution in [0.3, 0.4) is 0 Å². The van der Waals surface area contributed by atoms with Crippen LogP contribution in [0.2, 0.25) is 0 Å². The van der Waals surface area contributed by atoms with Gasteiger partial charge in [0.2, 0.25) is 0 Å². The van der Waals surface area contributed by atoms with Gasteiger partial charge in [0.05, 0.1) is 12.1 Å². The highest BCUT2D eigenvalue weighted by molar-refractivity contribution is 7.85. The predicted molar refractivity (Wildman–Crippen MR) is 72.6 cm³/mol. The molecule has 1 fully saturated rings. The third-order valence-corrected chi connectivity index (χ3v) is 5.07. The average molecular weight is 288 g/mol. The third-order valence-electron chi connectivity index (χ3n) is 2.86. The van der Waals surface area contributed by atoms with E-state index in [1.54, 1.807) is 0 Å². The molecule has 0 atom stereocenters. The fourth-order valence-electron chi connectivity index (χ4n) is 1.84. The highest BCUT2D eigenvalue weighted by Crippen LogP contribution is 2.20. The van der Waals surface area contributed by atoms with E-state index >= 15 is 0 Å². The number of rotatable bonds is 5. The number of aromatic nitrogens is 1. The molecule has 1 aliphatic rings. The van der Waals surface area contributed by atoms with Gasteiger partial charge in [0.15, 0.2) is 5.13 Å². The Morgan fingerprint density at radius 3 is 2.94 bits per heavy atom. The standard InChI is InChI=1S/C11H16N2O3S2/c14-10(15)2-1-9-7-17-11(13-9)12-8-3-5-18(16)6-4-8/h7-8H,1-6H2,(H,12,13)(H,14,15). The number of aryl methyl sites for hydroxylation is 1. The molecule has 0 amide bonds. The van der Waals surface area contributed by atoms with Crippen LogP contribution in [-0.4, -0.2) is 37.8 Å². The molecule has 0 bridgehead atoms. The maximum absolute atomic E-state index is 11.2. The molecule has 5 nitrogen and oxygen atoms in total. The number of nitrogens with one attached hydrogen (secondary N) is 1. The first kappa shape index (κ1) is 13.5. The van der Waals surface area contributed by atoms with Gasteiger partial charge in [-0.1, -0.05) is 0 Å². The Hall–Kier alpha value is -0.950. The molecule has 0 saturated carbocycles. The van der Waals surface area contributed by atoms with Crippen LogP contribution in [0, 0.1) is 0 Å². The van der Waals surface area contributed by atoms with Gasteiger partial charge in [-0.25, -0.2) is 4.98 Å². The van der Waals surface area contributed by atoms with Crippen molar-refractivity contribution in [2.75, 3.05) is 16.8 Å². The highest BCUT2D eigenvalue weighted by atomic mass is 32.2. The van der Waals surface area contributed by atoms with E-state index in [2.05, 4.69) is 10.3 Å². The minimum atomic E-state index is -0.799. The Labute approximate surface area is 112 Å². The van der Waals surface area contributed by atoms with E-state index in [0.29, 0.717) is 12.5 Å². The molecule has 1 saturated heterocycles. The van der Waals surface area contributed by atoms with E-state index in [1.807, 2.05) is 5.38 Å². The number of anilines is 1. The van der Waals surface area contributed by atoms with Gasteiger partial charge in [-0.05, 0) is 12.8 Å². The molecule has 0 radical (unpaired) electrons. The van der Waals surface area contributed by atoms with Crippen molar-refractivity contribution in [3.63, 3.8) is 0 Å². The van der Waals surface area contributed by atoms with Crippen molar-refractivity contribution in [1.29, 1.82) is 0 Å². The number of carbonyl (C=O) groups is 1.